The van der Waals surface area contributed by atoms with Gasteiger partial charge in [0.1, 0.15) is 0 Å². The smallest absolute Gasteiger partial charge is 2.00 e. The second kappa shape index (κ2) is 34.1. The molecule has 0 saturated carbocycles. The van der Waals surface area contributed by atoms with E-state index in [1.165, 1.54) is 0 Å². The maximum atomic E-state index is 0. The van der Waals surface area contributed by atoms with E-state index < -0.39 is 0 Å². The molecule has 0 amide bonds. The molecule has 0 bridgehead atoms. The summed E-state index contributed by atoms with van der Waals surface area (Å²) in [5.74, 6) is 0. The fraction of sp³-hybridized carbons (Fsp3) is 0. The Morgan fingerprint density at radius 3 is 0.600 bits per heavy atom. The van der Waals surface area contributed by atoms with E-state index in [1.54, 1.807) is 0 Å². The van der Waals surface area contributed by atoms with Crippen LogP contribution in [0.4, 0.5) is 0 Å². The van der Waals surface area contributed by atoms with E-state index in [2.05, 4.69) is 0 Å². The van der Waals surface area contributed by atoms with Gasteiger partial charge >= 0.3 is 21.1 Å². The first-order valence-electron chi connectivity index (χ1n) is 0. The Morgan fingerprint density at radius 1 is 0.600 bits per heavy atom. The molecule has 0 rings (SSSR count). The Kier molecular flexibility index (Phi) is 382. The summed E-state index contributed by atoms with van der Waals surface area (Å²) in [6.07, 6.45) is 0. The average Bonchev–Trinajstić information content (AvgIpc) is 0. The van der Waals surface area contributed by atoms with Crippen LogP contribution < -0.4 is 0 Å². The maximum Gasteiger partial charge on any atom is 6.00 e. The molecule has 0 aliphatic rings. The Hall–Kier alpha value is 2.24. The first-order chi connectivity index (χ1) is 0. The fourth-order valence-corrected chi connectivity index (χ4v) is 0. The normalized spacial score (nSPS) is 0. The third kappa shape index (κ3) is 22.3. The summed E-state index contributed by atoms with van der Waals surface area (Å²) in [4.78, 5) is 0. The predicted molar refractivity (Wildman–Crippen MR) is 22.1 cm³/mol. The Labute approximate surface area is 77.7 Å². The molecule has 0 unspecified atom stereocenters. The van der Waals surface area contributed by atoms with Crippen LogP contribution in [0.2, 0.25) is 0 Å². The van der Waals surface area contributed by atoms with Crippen molar-refractivity contribution in [3.63, 3.8) is 0 Å². The van der Waals surface area contributed by atoms with Crippen molar-refractivity contribution in [1.82, 2.24) is 0 Å². The Morgan fingerprint density at radius 2 is 0.600 bits per heavy atom. The van der Waals surface area contributed by atoms with Gasteiger partial charge in [0.25, 0.3) is 0 Å². The molecule has 0 aliphatic heterocycles. The van der Waals surface area contributed by atoms with Crippen LogP contribution in [0.5, 0.6) is 0 Å². The second-order valence-electron chi connectivity index (χ2n) is 0. The summed E-state index contributed by atoms with van der Waals surface area (Å²) >= 11 is 0. The molecule has 0 fully saturated rings. The molecule has 5 heteroatoms. The van der Waals surface area contributed by atoms with E-state index >= 15 is 0 Å². The molecule has 0 N–H and O–H groups in total. The van der Waals surface area contributed by atoms with E-state index in [0.29, 0.717) is 0 Å². The van der Waals surface area contributed by atoms with Crippen LogP contribution in [0.3, 0.4) is 0 Å². The molecule has 0 saturated heterocycles. The van der Waals surface area contributed by atoms with Crippen LogP contribution in [0, 0.1) is 0 Å². The van der Waals surface area contributed by atoms with Gasteiger partial charge < -0.3 is 40.5 Å². The van der Waals surface area contributed by atoms with Gasteiger partial charge in [0, 0.05) is 16.8 Å². The summed E-state index contributed by atoms with van der Waals surface area (Å²) < 4.78 is 0. The molecule has 0 nitrogen and oxygen atoms in total. The van der Waals surface area contributed by atoms with Crippen molar-refractivity contribution >= 4 is 40.5 Å². The van der Waals surface area contributed by atoms with Crippen molar-refractivity contribution in [2.75, 3.05) is 0 Å². The van der Waals surface area contributed by atoms with Gasteiger partial charge in [0.05, 0.1) is 0 Å². The number of rotatable bonds is 0. The van der Waals surface area contributed by atoms with Crippen molar-refractivity contribution in [1.29, 1.82) is 0 Å². The topological polar surface area (TPSA) is 0 Å². The summed E-state index contributed by atoms with van der Waals surface area (Å²) in [5, 5.41) is 0. The average molecular weight is 251 g/mol. The number of hydrogen-bond acceptors (Lipinski definition) is 0. The van der Waals surface area contributed by atoms with Crippen molar-refractivity contribution < 1.29 is 37.8 Å². The summed E-state index contributed by atoms with van der Waals surface area (Å²) in [6, 6.07) is 0. The van der Waals surface area contributed by atoms with E-state index in [1.807, 2.05) is 0 Å². The van der Waals surface area contributed by atoms with Crippen molar-refractivity contribution in [3.8, 4) is 0 Å². The quantitative estimate of drug-likeness (QED) is 0.531. The molecular formula is CoMoS3. The zero-order valence-corrected chi connectivity index (χ0v) is 7.46. The minimum Gasteiger partial charge on any atom is -2.00 e. The molecule has 5 heavy (non-hydrogen) atoms. The molecule has 0 atom stereocenters. The molecule has 0 aromatic rings. The fourth-order valence-electron chi connectivity index (χ4n) is 0. The van der Waals surface area contributed by atoms with Gasteiger partial charge in [0.2, 0.25) is 0 Å². The maximum absolute atomic E-state index is 0. The standard InChI is InChI=1S/Co.Mo.3S/q;+6;3*-2. The molecule has 0 spiro atoms. The van der Waals surface area contributed by atoms with Gasteiger partial charge in [-0.15, -0.1) is 0 Å². The minimum absolute atomic E-state index is 0. The summed E-state index contributed by atoms with van der Waals surface area (Å²) in [6.45, 7) is 0. The minimum atomic E-state index is 0. The van der Waals surface area contributed by atoms with E-state index in [9.17, 15) is 0 Å². The molecule has 0 heterocycles. The molecular weight excluding hydrogens is 251 g/mol. The van der Waals surface area contributed by atoms with Gasteiger partial charge in [-0.1, -0.05) is 0 Å². The van der Waals surface area contributed by atoms with Gasteiger partial charge in [0.15, 0.2) is 0 Å². The second-order valence-corrected chi connectivity index (χ2v) is 0. The van der Waals surface area contributed by atoms with Crippen LogP contribution in [0.15, 0.2) is 0 Å². The van der Waals surface area contributed by atoms with Crippen molar-refractivity contribution in [2.24, 2.45) is 0 Å². The largest absolute Gasteiger partial charge is 6.00 e. The zero-order chi connectivity index (χ0) is 0. The van der Waals surface area contributed by atoms with E-state index in [-0.39, 0.29) is 78.3 Å². The first-order valence-corrected chi connectivity index (χ1v) is 0. The van der Waals surface area contributed by atoms with E-state index in [0.717, 1.165) is 0 Å². The number of hydrogen-bond donors (Lipinski definition) is 0. The van der Waals surface area contributed by atoms with Crippen LogP contribution in [-0.4, -0.2) is 0 Å². The van der Waals surface area contributed by atoms with E-state index in [4.69, 9.17) is 0 Å². The third-order valence-electron chi connectivity index (χ3n) is 0. The molecule has 0 aliphatic carbocycles. The van der Waals surface area contributed by atoms with Crippen LogP contribution >= 0.6 is 0 Å². The molecule has 0 aromatic heterocycles. The van der Waals surface area contributed by atoms with Gasteiger partial charge in [-0.25, -0.2) is 0 Å². The predicted octanol–water partition coefficient (Wildman–Crippen LogP) is -0.0122. The zero-order valence-electron chi connectivity index (χ0n) is 1.97. The molecule has 1 radical (unpaired) electrons. The van der Waals surface area contributed by atoms with Crippen LogP contribution in [0.25, 0.3) is 0 Å². The van der Waals surface area contributed by atoms with Crippen LogP contribution in [0.1, 0.15) is 0 Å². The SMILES string of the molecule is [Co].[Mo+6].[S-2].[S-2].[S-2]. The third-order valence-corrected chi connectivity index (χ3v) is 0. The van der Waals surface area contributed by atoms with Gasteiger partial charge in [-0.05, 0) is 0 Å². The first kappa shape index (κ1) is 56.1. The summed E-state index contributed by atoms with van der Waals surface area (Å²) in [7, 11) is 0. The molecule has 0 aromatic carbocycles. The molecule has 33 valence electrons. The van der Waals surface area contributed by atoms with Gasteiger partial charge in [-0.2, -0.15) is 0 Å². The Bertz CT molecular complexity index is 6.85. The monoisotopic (exact) mass is 253 g/mol. The van der Waals surface area contributed by atoms with Crippen molar-refractivity contribution in [3.05, 3.63) is 0 Å². The summed E-state index contributed by atoms with van der Waals surface area (Å²) in [5.41, 5.74) is 0. The van der Waals surface area contributed by atoms with Crippen LogP contribution in [-0.2, 0) is 78.3 Å². The van der Waals surface area contributed by atoms with Crippen molar-refractivity contribution in [2.45, 2.75) is 0 Å². The van der Waals surface area contributed by atoms with Gasteiger partial charge in [-0.3, -0.25) is 0 Å². The Balaban J connectivity index is 0.